The van der Waals surface area contributed by atoms with Gasteiger partial charge in [-0.2, -0.15) is 0 Å². The summed E-state index contributed by atoms with van der Waals surface area (Å²) in [5.74, 6) is 2.19. The Hall–Kier alpha value is -0.870. The van der Waals surface area contributed by atoms with Gasteiger partial charge in [-0.1, -0.05) is 0 Å². The van der Waals surface area contributed by atoms with Crippen molar-refractivity contribution >= 4 is 0 Å². The maximum atomic E-state index is 5.71. The van der Waals surface area contributed by atoms with Gasteiger partial charge in [-0.25, -0.2) is 4.98 Å². The topological polar surface area (TPSA) is 47.3 Å². The summed E-state index contributed by atoms with van der Waals surface area (Å²) in [6.45, 7) is 3.82. The number of rotatable bonds is 4. The summed E-state index contributed by atoms with van der Waals surface area (Å²) < 4.78 is 11.2. The van der Waals surface area contributed by atoms with Crippen molar-refractivity contribution in [2.45, 2.75) is 31.8 Å². The zero-order valence-corrected chi connectivity index (χ0v) is 9.32. The number of ether oxygens (including phenoxy) is 1. The van der Waals surface area contributed by atoms with Crippen LogP contribution in [-0.2, 0) is 11.2 Å². The Kier molecular flexibility index (Phi) is 3.38. The molecule has 0 spiro atoms. The highest BCUT2D eigenvalue weighted by molar-refractivity contribution is 5.06. The summed E-state index contributed by atoms with van der Waals surface area (Å²) in [5, 5.41) is 3.08. The Morgan fingerprint density at radius 1 is 1.60 bits per heavy atom. The van der Waals surface area contributed by atoms with Crippen LogP contribution in [-0.4, -0.2) is 31.3 Å². The van der Waals surface area contributed by atoms with Gasteiger partial charge in [0.1, 0.15) is 5.76 Å². The van der Waals surface area contributed by atoms with Crippen molar-refractivity contribution in [1.82, 2.24) is 10.3 Å². The second-order valence-corrected chi connectivity index (χ2v) is 3.98. The van der Waals surface area contributed by atoms with Gasteiger partial charge in [0.25, 0.3) is 0 Å². The van der Waals surface area contributed by atoms with Gasteiger partial charge in [-0.15, -0.1) is 0 Å². The minimum atomic E-state index is 0.259. The second-order valence-electron chi connectivity index (χ2n) is 3.98. The van der Waals surface area contributed by atoms with Crippen LogP contribution in [0.4, 0.5) is 0 Å². The quantitative estimate of drug-likeness (QED) is 0.814. The van der Waals surface area contributed by atoms with Crippen LogP contribution in [0.3, 0.4) is 0 Å². The van der Waals surface area contributed by atoms with Crippen molar-refractivity contribution in [3.8, 4) is 0 Å². The number of nitrogens with one attached hydrogen (secondary N) is 1. The number of hydrogen-bond acceptors (Lipinski definition) is 4. The van der Waals surface area contributed by atoms with Crippen molar-refractivity contribution in [1.29, 1.82) is 0 Å². The van der Waals surface area contributed by atoms with Crippen molar-refractivity contribution in [2.24, 2.45) is 0 Å². The number of aromatic nitrogens is 1. The Labute approximate surface area is 90.0 Å². The van der Waals surface area contributed by atoms with E-state index in [4.69, 9.17) is 9.15 Å². The Bertz CT molecular complexity index is 311. The van der Waals surface area contributed by atoms with Crippen molar-refractivity contribution in [3.63, 3.8) is 0 Å². The van der Waals surface area contributed by atoms with E-state index in [0.717, 1.165) is 37.6 Å². The van der Waals surface area contributed by atoms with Crippen molar-refractivity contribution < 1.29 is 9.15 Å². The molecule has 1 aliphatic heterocycles. The van der Waals surface area contributed by atoms with Crippen LogP contribution < -0.4 is 5.32 Å². The molecule has 4 heteroatoms. The normalized spacial score (nSPS) is 26.0. The van der Waals surface area contributed by atoms with E-state index in [0.29, 0.717) is 5.92 Å². The lowest BCUT2D eigenvalue weighted by molar-refractivity contribution is 0.115. The van der Waals surface area contributed by atoms with Crippen LogP contribution in [0.5, 0.6) is 0 Å². The third-order valence-corrected chi connectivity index (χ3v) is 2.90. The fourth-order valence-corrected chi connectivity index (χ4v) is 1.95. The van der Waals surface area contributed by atoms with Gasteiger partial charge in [0, 0.05) is 25.5 Å². The first-order valence-corrected chi connectivity index (χ1v) is 5.52. The zero-order valence-electron chi connectivity index (χ0n) is 9.32. The summed E-state index contributed by atoms with van der Waals surface area (Å²) in [6, 6.07) is 0. The summed E-state index contributed by atoms with van der Waals surface area (Å²) >= 11 is 0. The van der Waals surface area contributed by atoms with Gasteiger partial charge in [0.2, 0.25) is 0 Å². The molecule has 2 heterocycles. The highest BCUT2D eigenvalue weighted by Crippen LogP contribution is 2.31. The van der Waals surface area contributed by atoms with E-state index in [-0.39, 0.29) is 6.10 Å². The SMILES string of the molecule is CNCCc1ncc(C2CCOC2C)o1. The third kappa shape index (κ3) is 2.38. The molecule has 1 aromatic rings. The van der Waals surface area contributed by atoms with Gasteiger partial charge in [-0.05, 0) is 20.4 Å². The predicted molar refractivity (Wildman–Crippen MR) is 56.9 cm³/mol. The van der Waals surface area contributed by atoms with Crippen LogP contribution in [0, 0.1) is 0 Å². The molecule has 4 nitrogen and oxygen atoms in total. The molecule has 2 unspecified atom stereocenters. The lowest BCUT2D eigenvalue weighted by Crippen LogP contribution is -2.10. The fraction of sp³-hybridized carbons (Fsp3) is 0.727. The molecule has 0 amide bonds. The molecule has 0 aliphatic carbocycles. The lowest BCUT2D eigenvalue weighted by Gasteiger charge is -2.09. The Morgan fingerprint density at radius 2 is 2.47 bits per heavy atom. The second kappa shape index (κ2) is 4.77. The van der Waals surface area contributed by atoms with Gasteiger partial charge >= 0.3 is 0 Å². The van der Waals surface area contributed by atoms with E-state index in [1.165, 1.54) is 0 Å². The van der Waals surface area contributed by atoms with Gasteiger partial charge < -0.3 is 14.5 Å². The largest absolute Gasteiger partial charge is 0.445 e. The predicted octanol–water partition coefficient (Wildman–Crippen LogP) is 1.33. The van der Waals surface area contributed by atoms with Crippen LogP contribution in [0.2, 0.25) is 0 Å². The molecule has 2 atom stereocenters. The molecule has 0 aromatic carbocycles. The molecule has 0 bridgehead atoms. The average molecular weight is 210 g/mol. The molecular weight excluding hydrogens is 192 g/mol. The van der Waals surface area contributed by atoms with E-state index < -0.39 is 0 Å². The van der Waals surface area contributed by atoms with Crippen molar-refractivity contribution in [3.05, 3.63) is 17.8 Å². The highest BCUT2D eigenvalue weighted by Gasteiger charge is 2.28. The molecular formula is C11H18N2O2. The third-order valence-electron chi connectivity index (χ3n) is 2.90. The molecule has 0 saturated carbocycles. The molecule has 1 aromatic heterocycles. The molecule has 84 valence electrons. The number of hydrogen-bond donors (Lipinski definition) is 1. The maximum Gasteiger partial charge on any atom is 0.195 e. The van der Waals surface area contributed by atoms with E-state index in [1.807, 2.05) is 13.2 Å². The Balaban J connectivity index is 1.99. The molecule has 1 aliphatic rings. The lowest BCUT2D eigenvalue weighted by atomic mass is 10.0. The van der Waals surface area contributed by atoms with Gasteiger partial charge in [-0.3, -0.25) is 0 Å². The maximum absolute atomic E-state index is 5.71. The van der Waals surface area contributed by atoms with E-state index >= 15 is 0 Å². The minimum absolute atomic E-state index is 0.259. The molecule has 1 N–H and O–H groups in total. The highest BCUT2D eigenvalue weighted by atomic mass is 16.5. The van der Waals surface area contributed by atoms with Crippen LogP contribution in [0.1, 0.15) is 30.9 Å². The first-order chi connectivity index (χ1) is 7.31. The number of likely N-dealkylation sites (N-methyl/N-ethyl adjacent to an activating group) is 1. The average Bonchev–Trinajstić information content (AvgIpc) is 2.83. The van der Waals surface area contributed by atoms with E-state index in [1.54, 1.807) is 0 Å². The summed E-state index contributed by atoms with van der Waals surface area (Å²) in [7, 11) is 1.93. The first kappa shape index (κ1) is 10.6. The van der Waals surface area contributed by atoms with E-state index in [9.17, 15) is 0 Å². The first-order valence-electron chi connectivity index (χ1n) is 5.52. The standard InChI is InChI=1S/C11H18N2O2/c1-8-9(4-6-14-8)10-7-13-11(15-10)3-5-12-2/h7-9,12H,3-6H2,1-2H3. The molecule has 1 fully saturated rings. The molecule has 2 rings (SSSR count). The Morgan fingerprint density at radius 3 is 3.13 bits per heavy atom. The summed E-state index contributed by atoms with van der Waals surface area (Å²) in [4.78, 5) is 4.27. The van der Waals surface area contributed by atoms with Crippen LogP contribution in [0.15, 0.2) is 10.6 Å². The van der Waals surface area contributed by atoms with Crippen molar-refractivity contribution in [2.75, 3.05) is 20.2 Å². The van der Waals surface area contributed by atoms with E-state index in [2.05, 4.69) is 17.2 Å². The monoisotopic (exact) mass is 210 g/mol. The zero-order chi connectivity index (χ0) is 10.7. The van der Waals surface area contributed by atoms with Crippen LogP contribution in [0.25, 0.3) is 0 Å². The van der Waals surface area contributed by atoms with Gasteiger partial charge in [0.15, 0.2) is 5.89 Å². The number of oxazole rings is 1. The molecule has 15 heavy (non-hydrogen) atoms. The van der Waals surface area contributed by atoms with Gasteiger partial charge in [0.05, 0.1) is 12.3 Å². The number of nitrogens with zero attached hydrogens (tertiary/aromatic N) is 1. The molecule has 1 saturated heterocycles. The fourth-order valence-electron chi connectivity index (χ4n) is 1.95. The summed E-state index contributed by atoms with van der Waals surface area (Å²) in [5.41, 5.74) is 0. The smallest absolute Gasteiger partial charge is 0.195 e. The van der Waals surface area contributed by atoms with Crippen LogP contribution >= 0.6 is 0 Å². The summed E-state index contributed by atoms with van der Waals surface area (Å²) in [6.07, 6.45) is 4.00. The minimum Gasteiger partial charge on any atom is -0.445 e. The molecule has 0 radical (unpaired) electrons.